The van der Waals surface area contributed by atoms with Gasteiger partial charge in [0.1, 0.15) is 5.82 Å². The highest BCUT2D eigenvalue weighted by Gasteiger charge is 2.16. The number of anilines is 1. The van der Waals surface area contributed by atoms with Crippen LogP contribution < -0.4 is 14.4 Å². The molecule has 0 unspecified atom stereocenters. The number of hydrogen-bond donors (Lipinski definition) is 1. The number of aromatic nitrogens is 2. The Morgan fingerprint density at radius 2 is 2.00 bits per heavy atom. The molecule has 0 spiro atoms. The molecule has 0 radical (unpaired) electrons. The molecule has 0 bridgehead atoms. The molecular weight excluding hydrogens is 329 g/mol. The molecule has 4 rings (SSSR count). The first kappa shape index (κ1) is 15.1. The van der Waals surface area contributed by atoms with Crippen molar-refractivity contribution in [2.24, 2.45) is 0 Å². The van der Waals surface area contributed by atoms with Gasteiger partial charge in [-0.2, -0.15) is 0 Å². The summed E-state index contributed by atoms with van der Waals surface area (Å²) in [5.41, 5.74) is 3.68. The van der Waals surface area contributed by atoms with Gasteiger partial charge in [-0.1, -0.05) is 17.8 Å². The largest absolute Gasteiger partial charge is 0.454 e. The number of fused-ring (bicyclic) bond motifs is 2. The molecule has 5 nitrogen and oxygen atoms in total. The van der Waals surface area contributed by atoms with E-state index >= 15 is 0 Å². The Bertz CT molecular complexity index is 869. The van der Waals surface area contributed by atoms with Crippen LogP contribution in [0.4, 0.5) is 10.1 Å². The second-order valence-corrected chi connectivity index (χ2v) is 6.68. The summed E-state index contributed by atoms with van der Waals surface area (Å²) in [5, 5.41) is 0.808. The third-order valence-corrected chi connectivity index (χ3v) is 4.77. The van der Waals surface area contributed by atoms with Crippen LogP contribution in [0.15, 0.2) is 35.5 Å². The lowest BCUT2D eigenvalue weighted by Crippen LogP contribution is -2.11. The molecule has 2 aromatic carbocycles. The lowest BCUT2D eigenvalue weighted by atomic mass is 10.2. The summed E-state index contributed by atoms with van der Waals surface area (Å²) in [7, 11) is 3.82. The van der Waals surface area contributed by atoms with E-state index in [0.29, 0.717) is 5.75 Å². The van der Waals surface area contributed by atoms with Crippen LogP contribution in [0.2, 0.25) is 0 Å². The average Bonchev–Trinajstić information content (AvgIpc) is 3.16. The van der Waals surface area contributed by atoms with Crippen LogP contribution in [0.1, 0.15) is 5.56 Å². The Kier molecular flexibility index (Phi) is 3.72. The molecule has 0 saturated carbocycles. The maximum Gasteiger partial charge on any atom is 0.231 e. The maximum atomic E-state index is 13.4. The first-order chi connectivity index (χ1) is 11.6. The average molecular weight is 345 g/mol. The molecule has 0 fully saturated rings. The first-order valence-corrected chi connectivity index (χ1v) is 8.46. The van der Waals surface area contributed by atoms with Crippen molar-refractivity contribution < 1.29 is 13.9 Å². The van der Waals surface area contributed by atoms with Crippen molar-refractivity contribution in [2.45, 2.75) is 10.9 Å². The minimum atomic E-state index is -0.231. The van der Waals surface area contributed by atoms with E-state index in [0.717, 1.165) is 38.9 Å². The summed E-state index contributed by atoms with van der Waals surface area (Å²) in [5.74, 6) is 1.92. The molecule has 2 heterocycles. The number of H-pyrrole nitrogens is 1. The van der Waals surface area contributed by atoms with Crippen LogP contribution in [-0.2, 0) is 5.75 Å². The summed E-state index contributed by atoms with van der Waals surface area (Å²) in [4.78, 5) is 9.78. The molecular formula is C17H16FN3O2S. The summed E-state index contributed by atoms with van der Waals surface area (Å²) < 4.78 is 24.2. The van der Waals surface area contributed by atoms with E-state index in [1.54, 1.807) is 17.8 Å². The van der Waals surface area contributed by atoms with Gasteiger partial charge in [-0.3, -0.25) is 0 Å². The second-order valence-electron chi connectivity index (χ2n) is 5.72. The Hall–Kier alpha value is -2.41. The van der Waals surface area contributed by atoms with E-state index in [-0.39, 0.29) is 12.6 Å². The van der Waals surface area contributed by atoms with Crippen LogP contribution in [-0.4, -0.2) is 30.9 Å². The Labute approximate surface area is 142 Å². The number of aromatic amines is 1. The molecule has 1 N–H and O–H groups in total. The van der Waals surface area contributed by atoms with E-state index in [9.17, 15) is 4.39 Å². The SMILES string of the molecule is CN(C)c1cc(F)ccc1CSc1nc2cc3c(cc2[nH]1)OCO3. The highest BCUT2D eigenvalue weighted by atomic mass is 32.2. The number of nitrogens with one attached hydrogen (secondary N) is 1. The smallest absolute Gasteiger partial charge is 0.231 e. The van der Waals surface area contributed by atoms with Gasteiger partial charge in [-0.05, 0) is 17.7 Å². The molecule has 124 valence electrons. The summed E-state index contributed by atoms with van der Waals surface area (Å²) in [6.45, 7) is 0.251. The lowest BCUT2D eigenvalue weighted by Gasteiger charge is -2.17. The van der Waals surface area contributed by atoms with Gasteiger partial charge in [-0.15, -0.1) is 0 Å². The highest BCUT2D eigenvalue weighted by Crippen LogP contribution is 2.36. The number of hydrogen-bond acceptors (Lipinski definition) is 5. The summed E-state index contributed by atoms with van der Waals surface area (Å²) in [6, 6.07) is 8.63. The topological polar surface area (TPSA) is 50.4 Å². The third-order valence-electron chi connectivity index (χ3n) is 3.85. The second kappa shape index (κ2) is 5.90. The lowest BCUT2D eigenvalue weighted by molar-refractivity contribution is 0.174. The number of halogens is 1. The Morgan fingerprint density at radius 3 is 2.79 bits per heavy atom. The highest BCUT2D eigenvalue weighted by molar-refractivity contribution is 7.98. The van der Waals surface area contributed by atoms with Crippen molar-refractivity contribution in [1.29, 1.82) is 0 Å². The van der Waals surface area contributed by atoms with Gasteiger partial charge in [0.15, 0.2) is 16.7 Å². The number of imidazole rings is 1. The molecule has 0 aliphatic carbocycles. The predicted molar refractivity (Wildman–Crippen MR) is 92.5 cm³/mol. The number of nitrogens with zero attached hydrogens (tertiary/aromatic N) is 2. The number of ether oxygens (including phenoxy) is 2. The van der Waals surface area contributed by atoms with Crippen LogP contribution in [0.3, 0.4) is 0 Å². The van der Waals surface area contributed by atoms with Gasteiger partial charge in [0.2, 0.25) is 6.79 Å². The van der Waals surface area contributed by atoms with Crippen LogP contribution in [0.25, 0.3) is 11.0 Å². The van der Waals surface area contributed by atoms with Crippen LogP contribution in [0.5, 0.6) is 11.5 Å². The molecule has 1 aromatic heterocycles. The molecule has 24 heavy (non-hydrogen) atoms. The van der Waals surface area contributed by atoms with Crippen LogP contribution in [0, 0.1) is 5.82 Å². The zero-order valence-corrected chi connectivity index (χ0v) is 14.1. The van der Waals surface area contributed by atoms with Gasteiger partial charge in [0.25, 0.3) is 0 Å². The number of benzene rings is 2. The minimum Gasteiger partial charge on any atom is -0.454 e. The molecule has 1 aliphatic rings. The quantitative estimate of drug-likeness (QED) is 0.729. The van der Waals surface area contributed by atoms with Crippen molar-refractivity contribution >= 4 is 28.5 Å². The fourth-order valence-electron chi connectivity index (χ4n) is 2.67. The first-order valence-electron chi connectivity index (χ1n) is 7.48. The van der Waals surface area contributed by atoms with Gasteiger partial charge in [0, 0.05) is 37.7 Å². The molecule has 1 aliphatic heterocycles. The van der Waals surface area contributed by atoms with Crippen molar-refractivity contribution in [2.75, 3.05) is 25.8 Å². The van der Waals surface area contributed by atoms with E-state index in [1.165, 1.54) is 6.07 Å². The monoisotopic (exact) mass is 345 g/mol. The summed E-state index contributed by atoms with van der Waals surface area (Å²) >= 11 is 1.58. The standard InChI is InChI=1S/C17H16FN3O2S/c1-21(2)14-5-11(18)4-3-10(14)8-24-17-19-12-6-15-16(23-9-22-15)7-13(12)20-17/h3-7H,8-9H2,1-2H3,(H,19,20). The van der Waals surface area contributed by atoms with Crippen molar-refractivity contribution in [3.63, 3.8) is 0 Å². The number of rotatable bonds is 4. The summed E-state index contributed by atoms with van der Waals surface area (Å²) in [6.07, 6.45) is 0. The van der Waals surface area contributed by atoms with Crippen molar-refractivity contribution in [3.8, 4) is 11.5 Å². The zero-order chi connectivity index (χ0) is 16.7. The number of thioether (sulfide) groups is 1. The van der Waals surface area contributed by atoms with E-state index < -0.39 is 0 Å². The molecule has 3 aromatic rings. The van der Waals surface area contributed by atoms with Crippen molar-refractivity contribution in [1.82, 2.24) is 9.97 Å². The van der Waals surface area contributed by atoms with E-state index in [2.05, 4.69) is 9.97 Å². The van der Waals surface area contributed by atoms with Gasteiger partial charge in [-0.25, -0.2) is 9.37 Å². The Balaban J connectivity index is 1.57. The molecule has 0 atom stereocenters. The van der Waals surface area contributed by atoms with Gasteiger partial charge < -0.3 is 19.4 Å². The fraction of sp³-hybridized carbons (Fsp3) is 0.235. The normalized spacial score (nSPS) is 12.8. The van der Waals surface area contributed by atoms with E-state index in [4.69, 9.17) is 9.47 Å². The molecule has 0 saturated heterocycles. The zero-order valence-electron chi connectivity index (χ0n) is 13.3. The maximum absolute atomic E-state index is 13.4. The Morgan fingerprint density at radius 1 is 1.21 bits per heavy atom. The third kappa shape index (κ3) is 2.75. The van der Waals surface area contributed by atoms with E-state index in [1.807, 2.05) is 37.2 Å². The van der Waals surface area contributed by atoms with Crippen LogP contribution >= 0.6 is 11.8 Å². The molecule has 0 amide bonds. The molecule has 7 heteroatoms. The van der Waals surface area contributed by atoms with Gasteiger partial charge in [0.05, 0.1) is 11.0 Å². The minimum absolute atomic E-state index is 0.231. The fourth-order valence-corrected chi connectivity index (χ4v) is 3.55. The van der Waals surface area contributed by atoms with Gasteiger partial charge >= 0.3 is 0 Å². The predicted octanol–water partition coefficient (Wildman–Crippen LogP) is 3.79. The van der Waals surface area contributed by atoms with Crippen molar-refractivity contribution in [3.05, 3.63) is 41.7 Å².